The predicted octanol–water partition coefficient (Wildman–Crippen LogP) is 0.561. The van der Waals surface area contributed by atoms with Gasteiger partial charge in [-0.15, -0.1) is 6.58 Å². The maximum atomic E-state index is 8.62. The minimum atomic E-state index is 0.00411. The Morgan fingerprint density at radius 3 is 3.10 bits per heavy atom. The monoisotopic (exact) mass is 138 g/mol. The number of imidazole rings is 1. The SMILES string of the molecule is C=CCn1cnc(CO)c1. The van der Waals surface area contributed by atoms with E-state index in [1.165, 1.54) is 0 Å². The topological polar surface area (TPSA) is 38.0 Å². The predicted molar refractivity (Wildman–Crippen MR) is 38.3 cm³/mol. The van der Waals surface area contributed by atoms with Gasteiger partial charge in [-0.2, -0.15) is 0 Å². The van der Waals surface area contributed by atoms with Crippen LogP contribution in [0.2, 0.25) is 0 Å². The quantitative estimate of drug-likeness (QED) is 0.620. The molecule has 0 bridgehead atoms. The van der Waals surface area contributed by atoms with E-state index in [1.807, 2.05) is 4.57 Å². The Morgan fingerprint density at radius 2 is 2.60 bits per heavy atom. The Bertz CT molecular complexity index is 217. The number of rotatable bonds is 3. The molecule has 10 heavy (non-hydrogen) atoms. The van der Waals surface area contributed by atoms with Crippen LogP contribution in [0.1, 0.15) is 5.69 Å². The summed E-state index contributed by atoms with van der Waals surface area (Å²) in [5.74, 6) is 0. The van der Waals surface area contributed by atoms with Crippen molar-refractivity contribution < 1.29 is 5.11 Å². The van der Waals surface area contributed by atoms with E-state index < -0.39 is 0 Å². The maximum Gasteiger partial charge on any atom is 0.0953 e. The molecule has 0 aliphatic rings. The van der Waals surface area contributed by atoms with Crippen molar-refractivity contribution in [3.8, 4) is 0 Å². The lowest BCUT2D eigenvalue weighted by molar-refractivity contribution is 0.277. The Kier molecular flexibility index (Phi) is 2.23. The normalized spacial score (nSPS) is 9.70. The van der Waals surface area contributed by atoms with Gasteiger partial charge in [-0.3, -0.25) is 0 Å². The van der Waals surface area contributed by atoms with Crippen molar-refractivity contribution in [1.82, 2.24) is 9.55 Å². The van der Waals surface area contributed by atoms with Crippen molar-refractivity contribution in [2.75, 3.05) is 0 Å². The molecule has 0 atom stereocenters. The molecule has 0 radical (unpaired) electrons. The molecule has 3 heteroatoms. The lowest BCUT2D eigenvalue weighted by atomic mass is 10.5. The summed E-state index contributed by atoms with van der Waals surface area (Å²) in [6.07, 6.45) is 5.25. The molecule has 1 aromatic rings. The summed E-state index contributed by atoms with van der Waals surface area (Å²) in [6.45, 7) is 4.33. The highest BCUT2D eigenvalue weighted by Gasteiger charge is 1.92. The molecule has 0 saturated heterocycles. The average Bonchev–Trinajstić information content (AvgIpc) is 2.37. The second-order valence-electron chi connectivity index (χ2n) is 2.01. The van der Waals surface area contributed by atoms with Gasteiger partial charge in [0.1, 0.15) is 0 Å². The lowest BCUT2D eigenvalue weighted by Crippen LogP contribution is -1.88. The van der Waals surface area contributed by atoms with Crippen molar-refractivity contribution >= 4 is 0 Å². The molecule has 3 nitrogen and oxygen atoms in total. The van der Waals surface area contributed by atoms with E-state index in [4.69, 9.17) is 5.11 Å². The number of aliphatic hydroxyl groups excluding tert-OH is 1. The summed E-state index contributed by atoms with van der Waals surface area (Å²) >= 11 is 0. The van der Waals surface area contributed by atoms with E-state index in [1.54, 1.807) is 18.6 Å². The van der Waals surface area contributed by atoms with Crippen LogP contribution < -0.4 is 0 Å². The third kappa shape index (κ3) is 1.45. The van der Waals surface area contributed by atoms with E-state index in [0.717, 1.165) is 6.54 Å². The van der Waals surface area contributed by atoms with Crippen LogP contribution in [0.3, 0.4) is 0 Å². The zero-order chi connectivity index (χ0) is 7.40. The van der Waals surface area contributed by atoms with Gasteiger partial charge in [0.15, 0.2) is 0 Å². The second kappa shape index (κ2) is 3.17. The lowest BCUT2D eigenvalue weighted by Gasteiger charge is -1.91. The highest BCUT2D eigenvalue weighted by Crippen LogP contribution is 1.94. The van der Waals surface area contributed by atoms with Crippen LogP contribution in [0.15, 0.2) is 25.2 Å². The van der Waals surface area contributed by atoms with Gasteiger partial charge in [0.25, 0.3) is 0 Å². The van der Waals surface area contributed by atoms with Crippen LogP contribution in [0.5, 0.6) is 0 Å². The first kappa shape index (κ1) is 7.02. The molecular weight excluding hydrogens is 128 g/mol. The fourth-order valence-electron chi connectivity index (χ4n) is 0.737. The van der Waals surface area contributed by atoms with E-state index in [2.05, 4.69) is 11.6 Å². The first-order valence-corrected chi connectivity index (χ1v) is 3.09. The zero-order valence-corrected chi connectivity index (χ0v) is 5.70. The van der Waals surface area contributed by atoms with Crippen LogP contribution in [0.4, 0.5) is 0 Å². The Balaban J connectivity index is 2.67. The van der Waals surface area contributed by atoms with E-state index >= 15 is 0 Å². The second-order valence-corrected chi connectivity index (χ2v) is 2.01. The van der Waals surface area contributed by atoms with Gasteiger partial charge >= 0.3 is 0 Å². The standard InChI is InChI=1S/C7H10N2O/c1-2-3-9-4-7(5-10)8-6-9/h2,4,6,10H,1,3,5H2. The van der Waals surface area contributed by atoms with Gasteiger partial charge < -0.3 is 9.67 Å². The van der Waals surface area contributed by atoms with E-state index in [9.17, 15) is 0 Å². The molecule has 0 aliphatic heterocycles. The molecule has 1 N–H and O–H groups in total. The van der Waals surface area contributed by atoms with Crippen LogP contribution in [-0.2, 0) is 13.2 Å². The summed E-state index contributed by atoms with van der Waals surface area (Å²) < 4.78 is 1.86. The Labute approximate surface area is 59.6 Å². The van der Waals surface area contributed by atoms with E-state index in [-0.39, 0.29) is 6.61 Å². The summed E-state index contributed by atoms with van der Waals surface area (Å²) in [7, 11) is 0. The molecule has 0 saturated carbocycles. The van der Waals surface area contributed by atoms with Crippen LogP contribution >= 0.6 is 0 Å². The van der Waals surface area contributed by atoms with Crippen LogP contribution in [0.25, 0.3) is 0 Å². The van der Waals surface area contributed by atoms with Crippen molar-refractivity contribution in [3.63, 3.8) is 0 Å². The third-order valence-electron chi connectivity index (χ3n) is 1.19. The minimum Gasteiger partial charge on any atom is -0.390 e. The van der Waals surface area contributed by atoms with Gasteiger partial charge in [0.05, 0.1) is 18.6 Å². The molecule has 0 amide bonds. The summed E-state index contributed by atoms with van der Waals surface area (Å²) in [4.78, 5) is 3.92. The molecule has 0 fully saturated rings. The number of aromatic nitrogens is 2. The van der Waals surface area contributed by atoms with Gasteiger partial charge in [-0.25, -0.2) is 4.98 Å². The van der Waals surface area contributed by atoms with Crippen molar-refractivity contribution in [2.45, 2.75) is 13.2 Å². The Hall–Kier alpha value is -1.09. The fraction of sp³-hybridized carbons (Fsp3) is 0.286. The Morgan fingerprint density at radius 1 is 1.80 bits per heavy atom. The van der Waals surface area contributed by atoms with Crippen LogP contribution in [-0.4, -0.2) is 14.7 Å². The molecule has 54 valence electrons. The van der Waals surface area contributed by atoms with Crippen molar-refractivity contribution in [1.29, 1.82) is 0 Å². The number of aliphatic hydroxyl groups is 1. The van der Waals surface area contributed by atoms with Crippen molar-refractivity contribution in [3.05, 3.63) is 30.9 Å². The van der Waals surface area contributed by atoms with Crippen LogP contribution in [0, 0.1) is 0 Å². The molecule has 1 aromatic heterocycles. The molecular formula is C7H10N2O. The zero-order valence-electron chi connectivity index (χ0n) is 5.70. The van der Waals surface area contributed by atoms with Gasteiger partial charge in [0, 0.05) is 12.7 Å². The van der Waals surface area contributed by atoms with E-state index in [0.29, 0.717) is 5.69 Å². The fourth-order valence-corrected chi connectivity index (χ4v) is 0.737. The van der Waals surface area contributed by atoms with Gasteiger partial charge in [0.2, 0.25) is 0 Å². The summed E-state index contributed by atoms with van der Waals surface area (Å²) in [6, 6.07) is 0. The minimum absolute atomic E-state index is 0.00411. The van der Waals surface area contributed by atoms with Gasteiger partial charge in [-0.05, 0) is 0 Å². The average molecular weight is 138 g/mol. The molecule has 0 aromatic carbocycles. The number of allylic oxidation sites excluding steroid dienone is 1. The first-order valence-electron chi connectivity index (χ1n) is 3.09. The molecule has 0 unspecified atom stereocenters. The maximum absolute atomic E-state index is 8.62. The number of nitrogens with zero attached hydrogens (tertiary/aromatic N) is 2. The van der Waals surface area contributed by atoms with Gasteiger partial charge in [-0.1, -0.05) is 6.08 Å². The smallest absolute Gasteiger partial charge is 0.0953 e. The number of hydrogen-bond donors (Lipinski definition) is 1. The molecule has 0 aliphatic carbocycles. The molecule has 1 rings (SSSR count). The third-order valence-corrected chi connectivity index (χ3v) is 1.19. The number of hydrogen-bond acceptors (Lipinski definition) is 2. The summed E-state index contributed by atoms with van der Waals surface area (Å²) in [5, 5.41) is 8.62. The highest BCUT2D eigenvalue weighted by molar-refractivity contribution is 4.95. The largest absolute Gasteiger partial charge is 0.390 e. The highest BCUT2D eigenvalue weighted by atomic mass is 16.3. The molecule has 0 spiro atoms. The summed E-state index contributed by atoms with van der Waals surface area (Å²) in [5.41, 5.74) is 0.696. The molecule has 1 heterocycles. The first-order chi connectivity index (χ1) is 4.86. The van der Waals surface area contributed by atoms with Crippen molar-refractivity contribution in [2.24, 2.45) is 0 Å².